The first-order valence-electron chi connectivity index (χ1n) is 16.6. The van der Waals surface area contributed by atoms with Gasteiger partial charge >= 0.3 is 0 Å². The summed E-state index contributed by atoms with van der Waals surface area (Å²) in [6.45, 7) is 6.92. The molecule has 1 aliphatic heterocycles. The molecule has 0 unspecified atom stereocenters. The van der Waals surface area contributed by atoms with Gasteiger partial charge in [-0.05, 0) is 76.3 Å². The number of nitrogens with zero attached hydrogens (tertiary/aromatic N) is 2. The fourth-order valence-electron chi connectivity index (χ4n) is 6.28. The van der Waals surface area contributed by atoms with Crippen molar-refractivity contribution in [3.05, 3.63) is 59.7 Å². The van der Waals surface area contributed by atoms with Gasteiger partial charge < -0.3 is 29.7 Å². The van der Waals surface area contributed by atoms with Gasteiger partial charge in [-0.2, -0.15) is 0 Å². The summed E-state index contributed by atoms with van der Waals surface area (Å²) in [6.07, 6.45) is 7.35. The molecule has 2 aliphatic rings. The summed E-state index contributed by atoms with van der Waals surface area (Å²) in [5.74, 6) is -0.0262. The van der Waals surface area contributed by atoms with Crippen LogP contribution in [0.4, 0.5) is 5.69 Å². The van der Waals surface area contributed by atoms with Gasteiger partial charge in [0.05, 0.1) is 30.4 Å². The first-order valence-corrected chi connectivity index (χ1v) is 16.6. The molecule has 246 valence electrons. The van der Waals surface area contributed by atoms with Gasteiger partial charge in [0.1, 0.15) is 5.75 Å². The molecule has 0 radical (unpaired) electrons. The van der Waals surface area contributed by atoms with Crippen molar-refractivity contribution >= 4 is 23.4 Å². The Bertz CT molecular complexity index is 1260. The number of aliphatic hydroxyl groups excluding tert-OH is 1. The maximum absolute atomic E-state index is 14.3. The second-order valence-corrected chi connectivity index (χ2v) is 12.9. The molecule has 45 heavy (non-hydrogen) atoms. The summed E-state index contributed by atoms with van der Waals surface area (Å²) in [5.41, 5.74) is 1.30. The first kappa shape index (κ1) is 34.4. The number of carbonyl (C=O) groups is 3. The van der Waals surface area contributed by atoms with E-state index in [1.54, 1.807) is 47.4 Å². The van der Waals surface area contributed by atoms with Crippen LogP contribution < -0.4 is 10.1 Å². The van der Waals surface area contributed by atoms with Crippen LogP contribution in [-0.2, 0) is 9.53 Å². The Morgan fingerprint density at radius 3 is 2.44 bits per heavy atom. The molecule has 1 aliphatic carbocycles. The van der Waals surface area contributed by atoms with Crippen LogP contribution in [-0.4, -0.2) is 84.2 Å². The molecule has 2 N–H and O–H groups in total. The van der Waals surface area contributed by atoms with Gasteiger partial charge in [0.15, 0.2) is 0 Å². The van der Waals surface area contributed by atoms with Gasteiger partial charge in [0, 0.05) is 49.8 Å². The maximum atomic E-state index is 14.3. The zero-order valence-electron chi connectivity index (χ0n) is 27.4. The second-order valence-electron chi connectivity index (χ2n) is 12.9. The standard InChI is InChI=1S/C36H51N3O6/c1-25-22-39(26(2)24-40)36(43)31-21-30(37-34(41)28-14-7-5-8-15-28)18-19-32(31)45-27(3)13-11-12-20-44-33(25)23-38(4)35(42)29-16-9-6-10-17-29/h5,7-8,14-15,18-19,21,25-27,29,33,40H,6,9-13,16-17,20,22-24H2,1-4H3,(H,37,41)/t25-,26-,27-,33+/m1/s1. The number of fused-ring (bicyclic) bond motifs is 1. The van der Waals surface area contributed by atoms with E-state index in [9.17, 15) is 19.5 Å². The fraction of sp³-hybridized carbons (Fsp3) is 0.583. The van der Waals surface area contributed by atoms with E-state index in [1.165, 1.54) is 6.42 Å². The van der Waals surface area contributed by atoms with E-state index < -0.39 is 6.04 Å². The molecular weight excluding hydrogens is 570 g/mol. The highest BCUT2D eigenvalue weighted by atomic mass is 16.5. The lowest BCUT2D eigenvalue weighted by atomic mass is 9.88. The van der Waals surface area contributed by atoms with Gasteiger partial charge in [-0.15, -0.1) is 0 Å². The average Bonchev–Trinajstić information content (AvgIpc) is 3.06. The smallest absolute Gasteiger partial charge is 0.258 e. The monoisotopic (exact) mass is 621 g/mol. The number of carbonyl (C=O) groups excluding carboxylic acids is 3. The number of hydrogen-bond donors (Lipinski definition) is 2. The number of nitrogens with one attached hydrogen (secondary N) is 1. The lowest BCUT2D eigenvalue weighted by Crippen LogP contribution is -2.48. The summed E-state index contributed by atoms with van der Waals surface area (Å²) >= 11 is 0. The van der Waals surface area contributed by atoms with Crippen molar-refractivity contribution < 1.29 is 29.0 Å². The number of ether oxygens (including phenoxy) is 2. The largest absolute Gasteiger partial charge is 0.490 e. The normalized spacial score (nSPS) is 22.8. The number of anilines is 1. The van der Waals surface area contributed by atoms with E-state index in [0.29, 0.717) is 42.3 Å². The first-order chi connectivity index (χ1) is 21.7. The number of aliphatic hydroxyl groups is 1. The third-order valence-corrected chi connectivity index (χ3v) is 9.13. The third kappa shape index (κ3) is 9.53. The van der Waals surface area contributed by atoms with Crippen LogP contribution in [0, 0.1) is 11.8 Å². The molecule has 1 fully saturated rings. The van der Waals surface area contributed by atoms with E-state index in [0.717, 1.165) is 44.9 Å². The summed E-state index contributed by atoms with van der Waals surface area (Å²) < 4.78 is 12.7. The van der Waals surface area contributed by atoms with Gasteiger partial charge in [0.25, 0.3) is 11.8 Å². The molecule has 9 heteroatoms. The van der Waals surface area contributed by atoms with Crippen molar-refractivity contribution in [1.82, 2.24) is 9.80 Å². The predicted molar refractivity (Wildman–Crippen MR) is 175 cm³/mol. The van der Waals surface area contributed by atoms with E-state index in [4.69, 9.17) is 9.47 Å². The highest BCUT2D eigenvalue weighted by Gasteiger charge is 2.32. The number of benzene rings is 2. The molecule has 2 aromatic rings. The fourth-order valence-corrected chi connectivity index (χ4v) is 6.28. The van der Waals surface area contributed by atoms with Crippen LogP contribution >= 0.6 is 0 Å². The molecule has 9 nitrogen and oxygen atoms in total. The molecule has 0 aromatic heterocycles. The molecule has 0 spiro atoms. The molecule has 4 rings (SSSR count). The Labute approximate surface area is 268 Å². The molecular formula is C36H51N3O6. The Kier molecular flexibility index (Phi) is 12.8. The molecule has 0 saturated heterocycles. The molecule has 2 aromatic carbocycles. The zero-order chi connectivity index (χ0) is 32.3. The van der Waals surface area contributed by atoms with E-state index in [2.05, 4.69) is 5.32 Å². The Morgan fingerprint density at radius 2 is 1.73 bits per heavy atom. The summed E-state index contributed by atoms with van der Waals surface area (Å²) in [6, 6.07) is 13.6. The molecule has 0 bridgehead atoms. The molecule has 1 heterocycles. The van der Waals surface area contributed by atoms with Gasteiger partial charge in [0.2, 0.25) is 5.91 Å². The Hall–Kier alpha value is -3.43. The van der Waals surface area contributed by atoms with Gasteiger partial charge in [-0.1, -0.05) is 44.4 Å². The molecule has 4 atom stereocenters. The number of likely N-dealkylation sites (N-methyl/N-ethyl adjacent to an activating group) is 1. The predicted octanol–water partition coefficient (Wildman–Crippen LogP) is 5.77. The lowest BCUT2D eigenvalue weighted by Gasteiger charge is -2.36. The molecule has 3 amide bonds. The van der Waals surface area contributed by atoms with Crippen LogP contribution in [0.3, 0.4) is 0 Å². The Morgan fingerprint density at radius 1 is 1.02 bits per heavy atom. The van der Waals surface area contributed by atoms with Crippen molar-refractivity contribution in [1.29, 1.82) is 0 Å². The van der Waals surface area contributed by atoms with Crippen molar-refractivity contribution in [3.63, 3.8) is 0 Å². The lowest BCUT2D eigenvalue weighted by molar-refractivity contribution is -0.137. The maximum Gasteiger partial charge on any atom is 0.258 e. The summed E-state index contributed by atoms with van der Waals surface area (Å²) in [5, 5.41) is 13.1. The second kappa shape index (κ2) is 16.8. The summed E-state index contributed by atoms with van der Waals surface area (Å²) in [4.78, 5) is 44.0. The quantitative estimate of drug-likeness (QED) is 0.406. The zero-order valence-corrected chi connectivity index (χ0v) is 27.4. The molecule has 1 saturated carbocycles. The van der Waals surface area contributed by atoms with Crippen LogP contribution in [0.15, 0.2) is 48.5 Å². The van der Waals surface area contributed by atoms with Gasteiger partial charge in [-0.25, -0.2) is 0 Å². The van der Waals surface area contributed by atoms with Crippen LogP contribution in [0.1, 0.15) is 92.9 Å². The van der Waals surface area contributed by atoms with E-state index >= 15 is 0 Å². The van der Waals surface area contributed by atoms with Crippen LogP contribution in [0.25, 0.3) is 0 Å². The van der Waals surface area contributed by atoms with Crippen LogP contribution in [0.2, 0.25) is 0 Å². The van der Waals surface area contributed by atoms with E-state index in [1.807, 2.05) is 38.8 Å². The number of hydrogen-bond acceptors (Lipinski definition) is 6. The topological polar surface area (TPSA) is 108 Å². The minimum atomic E-state index is -0.483. The minimum absolute atomic E-state index is 0.0691. The highest BCUT2D eigenvalue weighted by molar-refractivity contribution is 6.05. The number of amides is 3. The van der Waals surface area contributed by atoms with Crippen LogP contribution in [0.5, 0.6) is 5.75 Å². The van der Waals surface area contributed by atoms with Crippen molar-refractivity contribution in [2.24, 2.45) is 11.8 Å². The average molecular weight is 622 g/mol. The number of rotatable bonds is 7. The van der Waals surface area contributed by atoms with Crippen molar-refractivity contribution in [2.75, 3.05) is 38.7 Å². The third-order valence-electron chi connectivity index (χ3n) is 9.13. The summed E-state index contributed by atoms with van der Waals surface area (Å²) in [7, 11) is 1.86. The Balaban J connectivity index is 1.61. The SMILES string of the molecule is C[C@@H]1CCCCO[C@@H](CN(C)C(=O)C2CCCCC2)[C@H](C)CN([C@H](C)CO)C(=O)c2cc(NC(=O)c3ccccc3)ccc2O1. The minimum Gasteiger partial charge on any atom is -0.490 e. The van der Waals surface area contributed by atoms with Crippen molar-refractivity contribution in [3.8, 4) is 5.75 Å². The van der Waals surface area contributed by atoms with E-state index in [-0.39, 0.29) is 48.4 Å². The van der Waals surface area contributed by atoms with Crippen molar-refractivity contribution in [2.45, 2.75) is 90.4 Å². The van der Waals surface area contributed by atoms with Gasteiger partial charge in [-0.3, -0.25) is 14.4 Å². The highest BCUT2D eigenvalue weighted by Crippen LogP contribution is 2.29.